The maximum Gasteiger partial charge on any atom is 0.416 e. The standard InChI is InChI=1S/C12H9Cl2F3N4O2S/c1-24(23)10-8(4-19-22)20-21(11(10)18)9-6(13)2-5(3-7(9)14)12(15,16)17/h2-3H,4,18H2,1H3. The van der Waals surface area contributed by atoms with E-state index < -0.39 is 29.1 Å². The second-order valence-corrected chi connectivity index (χ2v) is 6.73. The Morgan fingerprint density at radius 2 is 1.88 bits per heavy atom. The molecule has 1 aromatic heterocycles. The van der Waals surface area contributed by atoms with E-state index in [1.807, 2.05) is 0 Å². The van der Waals surface area contributed by atoms with Gasteiger partial charge in [0, 0.05) is 6.26 Å². The molecule has 2 aromatic rings. The molecule has 2 N–H and O–H groups in total. The minimum absolute atomic E-state index is 0.0235. The van der Waals surface area contributed by atoms with E-state index in [1.54, 1.807) is 0 Å². The van der Waals surface area contributed by atoms with Crippen LogP contribution in [0.25, 0.3) is 5.69 Å². The van der Waals surface area contributed by atoms with Gasteiger partial charge in [-0.05, 0) is 12.1 Å². The number of hydrogen-bond acceptors (Lipinski definition) is 5. The Bertz CT molecular complexity index is 815. The van der Waals surface area contributed by atoms with E-state index in [-0.39, 0.29) is 32.1 Å². The molecule has 0 aliphatic rings. The first-order valence-electron chi connectivity index (χ1n) is 6.14. The molecule has 0 saturated heterocycles. The lowest BCUT2D eigenvalue weighted by Crippen LogP contribution is -2.09. The van der Waals surface area contributed by atoms with E-state index in [0.717, 1.165) is 4.68 Å². The van der Waals surface area contributed by atoms with E-state index in [2.05, 4.69) is 10.3 Å². The van der Waals surface area contributed by atoms with Crippen LogP contribution >= 0.6 is 23.2 Å². The van der Waals surface area contributed by atoms with Crippen molar-refractivity contribution in [1.82, 2.24) is 9.78 Å². The van der Waals surface area contributed by atoms with Crippen molar-refractivity contribution in [1.29, 1.82) is 0 Å². The predicted octanol–water partition coefficient (Wildman–Crippen LogP) is 3.78. The number of halogens is 5. The lowest BCUT2D eigenvalue weighted by molar-refractivity contribution is -0.137. The Balaban J connectivity index is 2.71. The summed E-state index contributed by atoms with van der Waals surface area (Å²) in [6.45, 7) is -0.415. The van der Waals surface area contributed by atoms with Crippen molar-refractivity contribution in [2.45, 2.75) is 17.6 Å². The minimum atomic E-state index is -4.63. The number of aromatic nitrogens is 2. The van der Waals surface area contributed by atoms with Gasteiger partial charge in [0.25, 0.3) is 0 Å². The average Bonchev–Trinajstić information content (AvgIpc) is 2.74. The first-order chi connectivity index (χ1) is 11.1. The summed E-state index contributed by atoms with van der Waals surface area (Å²) >= 11 is 11.8. The molecule has 0 aliphatic carbocycles. The van der Waals surface area contributed by atoms with Gasteiger partial charge >= 0.3 is 6.18 Å². The van der Waals surface area contributed by atoms with Crippen LogP contribution in [0.5, 0.6) is 0 Å². The third-order valence-electron chi connectivity index (χ3n) is 3.00. The van der Waals surface area contributed by atoms with Gasteiger partial charge < -0.3 is 5.73 Å². The van der Waals surface area contributed by atoms with Gasteiger partial charge in [0.05, 0.1) is 26.4 Å². The van der Waals surface area contributed by atoms with Gasteiger partial charge in [0.15, 0.2) is 0 Å². The van der Waals surface area contributed by atoms with Gasteiger partial charge in [-0.25, -0.2) is 4.68 Å². The third kappa shape index (κ3) is 3.40. The highest BCUT2D eigenvalue weighted by Crippen LogP contribution is 2.39. The van der Waals surface area contributed by atoms with Gasteiger partial charge in [0.1, 0.15) is 28.6 Å². The summed E-state index contributed by atoms with van der Waals surface area (Å²) in [5.74, 6) is -0.155. The number of benzene rings is 1. The highest BCUT2D eigenvalue weighted by atomic mass is 35.5. The fourth-order valence-electron chi connectivity index (χ4n) is 2.04. The fourth-order valence-corrected chi connectivity index (χ4v) is 3.51. The predicted molar refractivity (Wildman–Crippen MR) is 84.8 cm³/mol. The summed E-state index contributed by atoms with van der Waals surface area (Å²) in [6, 6.07) is 1.34. The zero-order valence-corrected chi connectivity index (χ0v) is 14.2. The van der Waals surface area contributed by atoms with Crippen LogP contribution in [-0.4, -0.2) is 20.2 Å². The van der Waals surface area contributed by atoms with Gasteiger partial charge in [-0.15, -0.1) is 0 Å². The van der Waals surface area contributed by atoms with Crippen LogP contribution in [-0.2, 0) is 23.5 Å². The largest absolute Gasteiger partial charge is 0.416 e. The van der Waals surface area contributed by atoms with E-state index >= 15 is 0 Å². The minimum Gasteiger partial charge on any atom is -0.383 e. The molecule has 6 nitrogen and oxygen atoms in total. The summed E-state index contributed by atoms with van der Waals surface area (Å²) in [7, 11) is -1.61. The van der Waals surface area contributed by atoms with Crippen molar-refractivity contribution in [2.75, 3.05) is 12.0 Å². The first kappa shape index (κ1) is 18.7. The molecule has 24 heavy (non-hydrogen) atoms. The van der Waals surface area contributed by atoms with Crippen molar-refractivity contribution < 1.29 is 17.4 Å². The second kappa shape index (κ2) is 6.69. The van der Waals surface area contributed by atoms with Crippen molar-refractivity contribution in [2.24, 2.45) is 5.18 Å². The maximum absolute atomic E-state index is 12.8. The summed E-state index contributed by atoms with van der Waals surface area (Å²) in [6.07, 6.45) is -3.33. The summed E-state index contributed by atoms with van der Waals surface area (Å²) in [5, 5.41) is 5.90. The SMILES string of the molecule is CS(=O)c1c(CN=O)nn(-c2c(Cl)cc(C(F)(F)F)cc2Cl)c1N. The van der Waals surface area contributed by atoms with Gasteiger partial charge in [-0.3, -0.25) is 4.21 Å². The molecule has 0 amide bonds. The number of anilines is 1. The lowest BCUT2D eigenvalue weighted by atomic mass is 10.2. The molecule has 12 heteroatoms. The summed E-state index contributed by atoms with van der Waals surface area (Å²) < 4.78 is 51.1. The molecule has 130 valence electrons. The van der Waals surface area contributed by atoms with Crippen LogP contribution in [0, 0.1) is 4.91 Å². The van der Waals surface area contributed by atoms with Crippen LogP contribution in [0.4, 0.5) is 19.0 Å². The number of nitrogens with two attached hydrogens (primary N) is 1. The number of nitrogens with zero attached hydrogens (tertiary/aromatic N) is 3. The Labute approximate surface area is 146 Å². The Kier molecular flexibility index (Phi) is 5.21. The summed E-state index contributed by atoms with van der Waals surface area (Å²) in [4.78, 5) is 10.5. The molecule has 1 atom stereocenters. The monoisotopic (exact) mass is 400 g/mol. The fraction of sp³-hybridized carbons (Fsp3) is 0.250. The molecule has 0 saturated carbocycles. The Morgan fingerprint density at radius 3 is 2.29 bits per heavy atom. The smallest absolute Gasteiger partial charge is 0.383 e. The second-order valence-electron chi connectivity index (χ2n) is 4.60. The highest BCUT2D eigenvalue weighted by Gasteiger charge is 2.33. The number of alkyl halides is 3. The van der Waals surface area contributed by atoms with Crippen molar-refractivity contribution in [3.05, 3.63) is 38.3 Å². The van der Waals surface area contributed by atoms with Gasteiger partial charge in [-0.2, -0.15) is 23.2 Å². The maximum atomic E-state index is 12.8. The van der Waals surface area contributed by atoms with Crippen LogP contribution in [0.15, 0.2) is 22.2 Å². The van der Waals surface area contributed by atoms with Crippen molar-refractivity contribution >= 4 is 39.8 Å². The lowest BCUT2D eigenvalue weighted by Gasteiger charge is -2.13. The van der Waals surface area contributed by atoms with Crippen molar-refractivity contribution in [3.8, 4) is 5.69 Å². The van der Waals surface area contributed by atoms with E-state index in [4.69, 9.17) is 28.9 Å². The Morgan fingerprint density at radius 1 is 1.33 bits per heavy atom. The zero-order chi connectivity index (χ0) is 18.2. The molecular formula is C12H9Cl2F3N4O2S. The average molecular weight is 401 g/mol. The molecule has 1 unspecified atom stereocenters. The molecule has 0 bridgehead atoms. The third-order valence-corrected chi connectivity index (χ3v) is 4.60. The molecular weight excluding hydrogens is 392 g/mol. The molecule has 0 aliphatic heterocycles. The normalized spacial score (nSPS) is 13.1. The molecule has 1 heterocycles. The van der Waals surface area contributed by atoms with Crippen molar-refractivity contribution in [3.63, 3.8) is 0 Å². The first-order valence-corrected chi connectivity index (χ1v) is 8.45. The molecule has 2 rings (SSSR count). The van der Waals surface area contributed by atoms with E-state index in [0.29, 0.717) is 12.1 Å². The molecule has 0 fully saturated rings. The topological polar surface area (TPSA) is 90.3 Å². The Hall–Kier alpha value is -1.65. The molecule has 1 aromatic carbocycles. The van der Waals surface area contributed by atoms with E-state index in [9.17, 15) is 22.3 Å². The number of nitroso groups, excluding NO2 is 1. The highest BCUT2D eigenvalue weighted by molar-refractivity contribution is 7.84. The zero-order valence-electron chi connectivity index (χ0n) is 11.9. The van der Waals surface area contributed by atoms with Crippen LogP contribution in [0.2, 0.25) is 10.0 Å². The number of rotatable bonds is 4. The molecule has 0 radical (unpaired) electrons. The summed E-state index contributed by atoms with van der Waals surface area (Å²) in [5.41, 5.74) is 4.72. The quantitative estimate of drug-likeness (QED) is 0.790. The van der Waals surface area contributed by atoms with Crippen LogP contribution < -0.4 is 5.73 Å². The van der Waals surface area contributed by atoms with Crippen LogP contribution in [0.3, 0.4) is 0 Å². The van der Waals surface area contributed by atoms with Crippen LogP contribution in [0.1, 0.15) is 11.3 Å². The van der Waals surface area contributed by atoms with Gasteiger partial charge in [0.2, 0.25) is 0 Å². The van der Waals surface area contributed by atoms with Gasteiger partial charge in [-0.1, -0.05) is 28.4 Å². The van der Waals surface area contributed by atoms with E-state index in [1.165, 1.54) is 6.26 Å². The molecule has 0 spiro atoms. The number of nitrogen functional groups attached to an aromatic ring is 1. The number of hydrogen-bond donors (Lipinski definition) is 1.